The lowest BCUT2D eigenvalue weighted by atomic mass is 9.85. The average Bonchev–Trinajstić information content (AvgIpc) is 3.77. The van der Waals surface area contributed by atoms with E-state index in [0.717, 1.165) is 41.6 Å². The van der Waals surface area contributed by atoms with Gasteiger partial charge in [-0.2, -0.15) is 0 Å². The van der Waals surface area contributed by atoms with Gasteiger partial charge in [0.25, 0.3) is 0 Å². The standard InChI is InChI=1S/C34H37N3O5/c38-31(39)30(20-23-14-15-23)35-32(40)34(16-18-37(19-17-34)21-24-8-2-1-3-9-24)36-33(41)42-22-29-27-12-6-4-10-25(27)26-11-5-7-13-28(26)29/h1-13,23,29-30H,14-22H2,(H,35,40)(H,36,41)(H,38,39). The number of fused-ring (bicyclic) bond motifs is 3. The Bertz CT molecular complexity index is 1400. The van der Waals surface area contributed by atoms with Crippen molar-refractivity contribution >= 4 is 18.0 Å². The van der Waals surface area contributed by atoms with Gasteiger partial charge in [-0.1, -0.05) is 91.7 Å². The van der Waals surface area contributed by atoms with E-state index in [1.165, 1.54) is 5.56 Å². The van der Waals surface area contributed by atoms with Gasteiger partial charge in [-0.3, -0.25) is 9.69 Å². The Kier molecular flexibility index (Phi) is 7.98. The zero-order valence-electron chi connectivity index (χ0n) is 23.6. The van der Waals surface area contributed by atoms with Crippen molar-refractivity contribution in [1.82, 2.24) is 15.5 Å². The number of aliphatic carboxylic acids is 1. The van der Waals surface area contributed by atoms with Gasteiger partial charge in [-0.25, -0.2) is 9.59 Å². The summed E-state index contributed by atoms with van der Waals surface area (Å²) < 4.78 is 5.81. The summed E-state index contributed by atoms with van der Waals surface area (Å²) in [6, 6.07) is 25.4. The lowest BCUT2D eigenvalue weighted by Gasteiger charge is -2.41. The lowest BCUT2D eigenvalue weighted by Crippen LogP contribution is -2.65. The second-order valence-corrected chi connectivity index (χ2v) is 11.8. The Morgan fingerprint density at radius 3 is 2.07 bits per heavy atom. The predicted molar refractivity (Wildman–Crippen MR) is 159 cm³/mol. The smallest absolute Gasteiger partial charge is 0.408 e. The molecule has 1 saturated heterocycles. The Morgan fingerprint density at radius 2 is 1.48 bits per heavy atom. The molecule has 1 aliphatic heterocycles. The number of benzene rings is 3. The highest BCUT2D eigenvalue weighted by Crippen LogP contribution is 2.44. The zero-order chi connectivity index (χ0) is 29.1. The number of piperidine rings is 1. The van der Waals surface area contributed by atoms with E-state index in [2.05, 4.69) is 51.9 Å². The molecule has 218 valence electrons. The summed E-state index contributed by atoms with van der Waals surface area (Å²) in [4.78, 5) is 41.3. The number of nitrogens with zero attached hydrogens (tertiary/aromatic N) is 1. The first-order valence-electron chi connectivity index (χ1n) is 14.8. The molecule has 2 amide bonds. The van der Waals surface area contributed by atoms with Crippen molar-refractivity contribution < 1.29 is 24.2 Å². The molecule has 3 aliphatic rings. The molecule has 1 atom stereocenters. The monoisotopic (exact) mass is 567 g/mol. The van der Waals surface area contributed by atoms with Gasteiger partial charge >= 0.3 is 12.1 Å². The highest BCUT2D eigenvalue weighted by Gasteiger charge is 2.45. The van der Waals surface area contributed by atoms with Gasteiger partial charge in [0.05, 0.1) is 0 Å². The van der Waals surface area contributed by atoms with Gasteiger partial charge in [0, 0.05) is 25.6 Å². The van der Waals surface area contributed by atoms with E-state index >= 15 is 0 Å². The highest BCUT2D eigenvalue weighted by molar-refractivity contribution is 5.93. The molecule has 3 N–H and O–H groups in total. The predicted octanol–water partition coefficient (Wildman–Crippen LogP) is 4.93. The van der Waals surface area contributed by atoms with E-state index in [0.29, 0.717) is 38.3 Å². The van der Waals surface area contributed by atoms with Crippen LogP contribution in [0.15, 0.2) is 78.9 Å². The molecule has 0 aromatic heterocycles. The fourth-order valence-corrected chi connectivity index (χ4v) is 6.38. The van der Waals surface area contributed by atoms with Crippen LogP contribution in [0.2, 0.25) is 0 Å². The van der Waals surface area contributed by atoms with Gasteiger partial charge < -0.3 is 20.5 Å². The molecular formula is C34H37N3O5. The van der Waals surface area contributed by atoms with E-state index in [1.807, 2.05) is 42.5 Å². The normalized spacial score (nSPS) is 18.4. The summed E-state index contributed by atoms with van der Waals surface area (Å²) >= 11 is 0. The molecule has 2 fully saturated rings. The van der Waals surface area contributed by atoms with Gasteiger partial charge in [0.15, 0.2) is 0 Å². The van der Waals surface area contributed by atoms with Crippen molar-refractivity contribution in [1.29, 1.82) is 0 Å². The van der Waals surface area contributed by atoms with Crippen LogP contribution in [0.5, 0.6) is 0 Å². The van der Waals surface area contributed by atoms with E-state index in [1.54, 1.807) is 0 Å². The molecule has 0 radical (unpaired) electrons. The molecule has 6 rings (SSSR count). The Hall–Kier alpha value is -4.17. The van der Waals surface area contributed by atoms with Crippen LogP contribution < -0.4 is 10.6 Å². The van der Waals surface area contributed by atoms with Crippen molar-refractivity contribution in [2.24, 2.45) is 5.92 Å². The van der Waals surface area contributed by atoms with E-state index in [4.69, 9.17) is 4.74 Å². The van der Waals surface area contributed by atoms with Crippen LogP contribution >= 0.6 is 0 Å². The fraction of sp³-hybridized carbons (Fsp3) is 0.382. The lowest BCUT2D eigenvalue weighted by molar-refractivity contribution is -0.143. The Morgan fingerprint density at radius 1 is 0.881 bits per heavy atom. The van der Waals surface area contributed by atoms with Crippen molar-refractivity contribution in [2.75, 3.05) is 19.7 Å². The second kappa shape index (κ2) is 12.0. The zero-order valence-corrected chi connectivity index (χ0v) is 23.6. The molecule has 8 heteroatoms. The van der Waals surface area contributed by atoms with Crippen LogP contribution in [-0.4, -0.2) is 59.3 Å². The molecule has 1 unspecified atom stereocenters. The minimum absolute atomic E-state index is 0.101. The van der Waals surface area contributed by atoms with Gasteiger partial charge in [-0.05, 0) is 53.0 Å². The van der Waals surface area contributed by atoms with Crippen molar-refractivity contribution in [3.63, 3.8) is 0 Å². The summed E-state index contributed by atoms with van der Waals surface area (Å²) in [7, 11) is 0. The summed E-state index contributed by atoms with van der Waals surface area (Å²) in [5.41, 5.74) is 4.41. The molecule has 3 aromatic rings. The fourth-order valence-electron chi connectivity index (χ4n) is 6.38. The molecule has 42 heavy (non-hydrogen) atoms. The van der Waals surface area contributed by atoms with Gasteiger partial charge in [-0.15, -0.1) is 0 Å². The number of amides is 2. The molecule has 1 heterocycles. The van der Waals surface area contributed by atoms with Crippen LogP contribution in [0.25, 0.3) is 11.1 Å². The third kappa shape index (κ3) is 6.04. The molecule has 1 saturated carbocycles. The first-order chi connectivity index (χ1) is 20.4. The number of hydrogen-bond acceptors (Lipinski definition) is 5. The van der Waals surface area contributed by atoms with Gasteiger partial charge in [0.1, 0.15) is 18.2 Å². The van der Waals surface area contributed by atoms with Crippen LogP contribution in [-0.2, 0) is 20.9 Å². The maximum atomic E-state index is 13.8. The molecule has 8 nitrogen and oxygen atoms in total. The third-order valence-electron chi connectivity index (χ3n) is 8.95. The van der Waals surface area contributed by atoms with Crippen LogP contribution in [0.3, 0.4) is 0 Å². The summed E-state index contributed by atoms with van der Waals surface area (Å²) in [5.74, 6) is -1.28. The number of alkyl carbamates (subject to hydrolysis) is 1. The van der Waals surface area contributed by atoms with E-state index in [-0.39, 0.29) is 12.5 Å². The molecular weight excluding hydrogens is 530 g/mol. The highest BCUT2D eigenvalue weighted by atomic mass is 16.5. The molecule has 0 bridgehead atoms. The number of carboxylic acids is 1. The first-order valence-corrected chi connectivity index (χ1v) is 14.8. The first kappa shape index (κ1) is 28.0. The van der Waals surface area contributed by atoms with Crippen molar-refractivity contribution in [2.45, 2.75) is 56.1 Å². The minimum atomic E-state index is -1.26. The van der Waals surface area contributed by atoms with Crippen molar-refractivity contribution in [3.8, 4) is 11.1 Å². The quantitative estimate of drug-likeness (QED) is 0.321. The number of carboxylic acid groups (broad SMARTS) is 1. The maximum absolute atomic E-state index is 13.8. The van der Waals surface area contributed by atoms with Crippen LogP contribution in [0.4, 0.5) is 4.79 Å². The van der Waals surface area contributed by atoms with Crippen LogP contribution in [0, 0.1) is 5.92 Å². The number of ether oxygens (including phenoxy) is 1. The summed E-state index contributed by atoms with van der Waals surface area (Å²) in [5, 5.41) is 15.5. The number of nitrogens with one attached hydrogen (secondary N) is 2. The molecule has 0 spiro atoms. The Balaban J connectivity index is 1.16. The second-order valence-electron chi connectivity index (χ2n) is 11.8. The molecule has 3 aromatic carbocycles. The maximum Gasteiger partial charge on any atom is 0.408 e. The average molecular weight is 568 g/mol. The number of likely N-dealkylation sites (tertiary alicyclic amines) is 1. The number of hydrogen-bond donors (Lipinski definition) is 3. The number of rotatable bonds is 10. The van der Waals surface area contributed by atoms with Gasteiger partial charge in [0.2, 0.25) is 5.91 Å². The van der Waals surface area contributed by atoms with E-state index in [9.17, 15) is 19.5 Å². The summed E-state index contributed by atoms with van der Waals surface area (Å²) in [6.45, 7) is 2.03. The molecule has 2 aliphatic carbocycles. The van der Waals surface area contributed by atoms with E-state index < -0.39 is 29.6 Å². The number of carbonyl (C=O) groups excluding carboxylic acids is 2. The SMILES string of the molecule is O=C(NC1(C(=O)NC(CC2CC2)C(=O)O)CCN(Cc2ccccc2)CC1)OCC1c2ccccc2-c2ccccc21. The third-order valence-corrected chi connectivity index (χ3v) is 8.95. The number of carbonyl (C=O) groups is 3. The van der Waals surface area contributed by atoms with Crippen LogP contribution in [0.1, 0.15) is 54.7 Å². The largest absolute Gasteiger partial charge is 0.480 e. The Labute approximate surface area is 246 Å². The van der Waals surface area contributed by atoms with Crippen molar-refractivity contribution in [3.05, 3.63) is 95.6 Å². The minimum Gasteiger partial charge on any atom is -0.480 e. The summed E-state index contributed by atoms with van der Waals surface area (Å²) in [6.07, 6.45) is 2.41. The topological polar surface area (TPSA) is 108 Å².